The minimum Gasteiger partial charge on any atom is -0.348 e. The molecule has 3 rings (SSSR count). The number of imide groups is 1. The molecule has 2 aromatic rings. The van der Waals surface area contributed by atoms with Crippen molar-refractivity contribution < 1.29 is 19.3 Å². The van der Waals surface area contributed by atoms with Crippen LogP contribution in [0.1, 0.15) is 15.9 Å². The number of amides is 3. The van der Waals surface area contributed by atoms with E-state index in [-0.39, 0.29) is 21.4 Å². The topological polar surface area (TPSA) is 110 Å². The average molecular weight is 503 g/mol. The van der Waals surface area contributed by atoms with Gasteiger partial charge in [-0.15, -0.1) is 0 Å². The maximum absolute atomic E-state index is 12.5. The van der Waals surface area contributed by atoms with E-state index in [4.69, 9.17) is 0 Å². The summed E-state index contributed by atoms with van der Waals surface area (Å²) >= 11 is 1.77. The SMILES string of the molecule is C=C(CNC(=O)c1cccc([N+](=O)[O-])c1I)c1cccc(N2C(=O)C=CC2=O)c1. The van der Waals surface area contributed by atoms with Gasteiger partial charge < -0.3 is 5.32 Å². The lowest BCUT2D eigenvalue weighted by atomic mass is 10.1. The maximum Gasteiger partial charge on any atom is 0.283 e. The molecule has 0 saturated heterocycles. The molecule has 3 amide bonds. The molecule has 0 spiro atoms. The predicted octanol–water partition coefficient (Wildman–Crippen LogP) is 3.07. The van der Waals surface area contributed by atoms with Gasteiger partial charge in [-0.1, -0.05) is 24.8 Å². The van der Waals surface area contributed by atoms with Crippen LogP contribution >= 0.6 is 22.6 Å². The average Bonchev–Trinajstić information content (AvgIpc) is 3.04. The van der Waals surface area contributed by atoms with Crippen LogP contribution in [0.4, 0.5) is 11.4 Å². The molecule has 0 radical (unpaired) electrons. The molecule has 0 aliphatic carbocycles. The van der Waals surface area contributed by atoms with Gasteiger partial charge in [-0.3, -0.25) is 24.5 Å². The Morgan fingerprint density at radius 3 is 2.45 bits per heavy atom. The summed E-state index contributed by atoms with van der Waals surface area (Å²) in [6.07, 6.45) is 2.40. The van der Waals surface area contributed by atoms with Crippen molar-refractivity contribution in [2.75, 3.05) is 11.4 Å². The number of nitro groups is 1. The molecule has 29 heavy (non-hydrogen) atoms. The van der Waals surface area contributed by atoms with Gasteiger partial charge in [0, 0.05) is 24.8 Å². The van der Waals surface area contributed by atoms with Gasteiger partial charge in [0.15, 0.2) is 0 Å². The Hall–Kier alpha value is -3.34. The van der Waals surface area contributed by atoms with Gasteiger partial charge in [0.2, 0.25) is 0 Å². The van der Waals surface area contributed by atoms with Gasteiger partial charge in [-0.05, 0) is 51.9 Å². The van der Waals surface area contributed by atoms with E-state index in [2.05, 4.69) is 11.9 Å². The molecule has 8 nitrogen and oxygen atoms in total. The predicted molar refractivity (Wildman–Crippen MR) is 115 cm³/mol. The Morgan fingerprint density at radius 1 is 1.14 bits per heavy atom. The van der Waals surface area contributed by atoms with Gasteiger partial charge in [-0.25, -0.2) is 4.90 Å². The first-order valence-electron chi connectivity index (χ1n) is 8.35. The van der Waals surface area contributed by atoms with Crippen molar-refractivity contribution in [3.63, 3.8) is 0 Å². The molecule has 1 heterocycles. The summed E-state index contributed by atoms with van der Waals surface area (Å²) in [5.41, 5.74) is 1.65. The van der Waals surface area contributed by atoms with E-state index in [1.807, 2.05) is 0 Å². The zero-order valence-corrected chi connectivity index (χ0v) is 17.1. The molecule has 1 N–H and O–H groups in total. The second-order valence-corrected chi connectivity index (χ2v) is 7.16. The molecule has 0 aromatic heterocycles. The monoisotopic (exact) mass is 503 g/mol. The van der Waals surface area contributed by atoms with E-state index in [9.17, 15) is 24.5 Å². The van der Waals surface area contributed by atoms with E-state index in [1.54, 1.807) is 46.9 Å². The zero-order valence-electron chi connectivity index (χ0n) is 14.9. The smallest absolute Gasteiger partial charge is 0.283 e. The maximum atomic E-state index is 12.5. The number of hydrogen-bond acceptors (Lipinski definition) is 5. The largest absolute Gasteiger partial charge is 0.348 e. The number of nitro benzene ring substituents is 1. The van der Waals surface area contributed by atoms with Crippen molar-refractivity contribution in [2.45, 2.75) is 0 Å². The summed E-state index contributed by atoms with van der Waals surface area (Å²) in [4.78, 5) is 47.7. The fraction of sp³-hybridized carbons (Fsp3) is 0.0500. The van der Waals surface area contributed by atoms with Crippen molar-refractivity contribution in [3.05, 3.63) is 86.0 Å². The lowest BCUT2D eigenvalue weighted by Crippen LogP contribution is -2.29. The van der Waals surface area contributed by atoms with E-state index < -0.39 is 22.6 Å². The molecular formula is C20H14IN3O5. The van der Waals surface area contributed by atoms with Crippen molar-refractivity contribution in [1.82, 2.24) is 5.32 Å². The summed E-state index contributed by atoms with van der Waals surface area (Å²) < 4.78 is 0.249. The highest BCUT2D eigenvalue weighted by molar-refractivity contribution is 14.1. The molecule has 9 heteroatoms. The van der Waals surface area contributed by atoms with Gasteiger partial charge >= 0.3 is 0 Å². The number of nitrogens with one attached hydrogen (secondary N) is 1. The Balaban J connectivity index is 1.72. The Bertz CT molecular complexity index is 1080. The summed E-state index contributed by atoms with van der Waals surface area (Å²) in [5, 5.41) is 13.7. The number of anilines is 1. The normalized spacial score (nSPS) is 12.9. The Morgan fingerprint density at radius 2 is 1.79 bits per heavy atom. The van der Waals surface area contributed by atoms with Crippen LogP contribution in [0.15, 0.2) is 61.2 Å². The molecule has 1 aliphatic rings. The lowest BCUT2D eigenvalue weighted by Gasteiger charge is -2.16. The summed E-state index contributed by atoms with van der Waals surface area (Å²) in [7, 11) is 0. The fourth-order valence-electron chi connectivity index (χ4n) is 2.74. The minimum atomic E-state index is -0.543. The molecule has 0 unspecified atom stereocenters. The molecule has 0 atom stereocenters. The van der Waals surface area contributed by atoms with E-state index in [0.717, 1.165) is 4.90 Å². The third-order valence-corrected chi connectivity index (χ3v) is 5.34. The first kappa shape index (κ1) is 20.4. The number of carbonyl (C=O) groups is 3. The quantitative estimate of drug-likeness (QED) is 0.282. The van der Waals surface area contributed by atoms with Crippen LogP contribution in [0, 0.1) is 13.7 Å². The number of hydrogen-bond donors (Lipinski definition) is 1. The van der Waals surface area contributed by atoms with E-state index >= 15 is 0 Å². The van der Waals surface area contributed by atoms with Gasteiger partial charge in [0.25, 0.3) is 23.4 Å². The minimum absolute atomic E-state index is 0.0845. The molecule has 0 bridgehead atoms. The van der Waals surface area contributed by atoms with Gasteiger partial charge in [0.05, 0.1) is 16.2 Å². The van der Waals surface area contributed by atoms with Crippen molar-refractivity contribution in [1.29, 1.82) is 0 Å². The molecular weight excluding hydrogens is 489 g/mol. The first-order valence-corrected chi connectivity index (χ1v) is 9.43. The van der Waals surface area contributed by atoms with Crippen molar-refractivity contribution >= 4 is 57.3 Å². The molecule has 0 saturated carbocycles. The van der Waals surface area contributed by atoms with Crippen LogP contribution in [0.25, 0.3) is 5.57 Å². The molecule has 1 aliphatic heterocycles. The standard InChI is InChI=1S/C20H14IN3O5/c1-12(11-22-20(27)15-6-3-7-16(19(15)21)24(28)29)13-4-2-5-14(10-13)23-17(25)8-9-18(23)26/h2-10H,1,11H2,(H,22,27). The van der Waals surface area contributed by atoms with Crippen LogP contribution in [0.2, 0.25) is 0 Å². The van der Waals surface area contributed by atoms with Crippen LogP contribution in [-0.2, 0) is 9.59 Å². The van der Waals surface area contributed by atoms with Crippen LogP contribution in [-0.4, -0.2) is 29.2 Å². The fourth-order valence-corrected chi connectivity index (χ4v) is 3.54. The van der Waals surface area contributed by atoms with E-state index in [0.29, 0.717) is 16.8 Å². The zero-order chi connectivity index (χ0) is 21.1. The number of rotatable bonds is 6. The van der Waals surface area contributed by atoms with Crippen LogP contribution in [0.5, 0.6) is 0 Å². The third kappa shape index (κ3) is 4.24. The first-order chi connectivity index (χ1) is 13.8. The van der Waals surface area contributed by atoms with Crippen molar-refractivity contribution in [2.24, 2.45) is 0 Å². The van der Waals surface area contributed by atoms with Gasteiger partial charge in [0.1, 0.15) is 3.57 Å². The number of nitrogens with zero attached hydrogens (tertiary/aromatic N) is 2. The number of halogens is 1. The number of carbonyl (C=O) groups excluding carboxylic acids is 3. The molecule has 2 aromatic carbocycles. The van der Waals surface area contributed by atoms with Crippen molar-refractivity contribution in [3.8, 4) is 0 Å². The molecule has 0 fully saturated rings. The van der Waals surface area contributed by atoms with E-state index in [1.165, 1.54) is 30.4 Å². The van der Waals surface area contributed by atoms with Crippen LogP contribution in [0.3, 0.4) is 0 Å². The number of benzene rings is 2. The summed E-state index contributed by atoms with van der Waals surface area (Å²) in [6, 6.07) is 11.0. The molecule has 146 valence electrons. The Kier molecular flexibility index (Phi) is 5.87. The highest BCUT2D eigenvalue weighted by atomic mass is 127. The lowest BCUT2D eigenvalue weighted by molar-refractivity contribution is -0.385. The summed E-state index contributed by atoms with van der Waals surface area (Å²) in [6.45, 7) is 4.02. The highest BCUT2D eigenvalue weighted by Gasteiger charge is 2.25. The third-order valence-electron chi connectivity index (χ3n) is 4.20. The van der Waals surface area contributed by atoms with Crippen LogP contribution < -0.4 is 10.2 Å². The summed E-state index contributed by atoms with van der Waals surface area (Å²) in [5.74, 6) is -1.32. The van der Waals surface area contributed by atoms with Gasteiger partial charge in [-0.2, -0.15) is 0 Å². The Labute approximate surface area is 179 Å². The second kappa shape index (κ2) is 8.35. The highest BCUT2D eigenvalue weighted by Crippen LogP contribution is 2.25. The second-order valence-electron chi connectivity index (χ2n) is 6.08.